The Hall–Kier alpha value is -2.41. The van der Waals surface area contributed by atoms with Crippen LogP contribution in [0.4, 0.5) is 5.69 Å². The maximum Gasteiger partial charge on any atom is 0.234 e. The molecule has 0 spiro atoms. The topological polar surface area (TPSA) is 109 Å². The Labute approximate surface area is 175 Å². The van der Waals surface area contributed by atoms with Gasteiger partial charge in [0, 0.05) is 25.3 Å². The summed E-state index contributed by atoms with van der Waals surface area (Å²) in [5.41, 5.74) is 14.4. The van der Waals surface area contributed by atoms with E-state index in [1.165, 1.54) is 0 Å². The van der Waals surface area contributed by atoms with E-state index in [0.29, 0.717) is 24.1 Å². The highest BCUT2D eigenvalue weighted by Crippen LogP contribution is 2.18. The smallest absolute Gasteiger partial charge is 0.234 e. The number of nitrogens with one attached hydrogen (secondary N) is 1. The molecule has 0 aromatic heterocycles. The molecule has 1 rings (SSSR count). The van der Waals surface area contributed by atoms with E-state index in [2.05, 4.69) is 54.2 Å². The van der Waals surface area contributed by atoms with E-state index in [9.17, 15) is 4.79 Å². The lowest BCUT2D eigenvalue weighted by molar-refractivity contribution is -0.118. The summed E-state index contributed by atoms with van der Waals surface area (Å²) >= 11 is 0. The van der Waals surface area contributed by atoms with E-state index >= 15 is 0 Å². The predicted molar refractivity (Wildman–Crippen MR) is 123 cm³/mol. The minimum atomic E-state index is -0.462. The molecule has 0 fully saturated rings. The number of nitrogens with two attached hydrogens (primary N) is 2. The molecule has 0 radical (unpaired) electrons. The highest BCUT2D eigenvalue weighted by molar-refractivity contribution is 6.09. The minimum absolute atomic E-state index is 0.110. The number of carbonyl (C=O) groups excluding carboxylic acids is 1. The van der Waals surface area contributed by atoms with Gasteiger partial charge in [-0.25, -0.2) is 0 Å². The third-order valence-electron chi connectivity index (χ3n) is 4.47. The van der Waals surface area contributed by atoms with Crippen LogP contribution in [0.3, 0.4) is 0 Å². The molecule has 1 amide bonds. The summed E-state index contributed by atoms with van der Waals surface area (Å²) in [7, 11) is 0. The number of anilines is 1. The average molecular weight is 403 g/mol. The normalized spacial score (nSPS) is 13.1. The first kappa shape index (κ1) is 24.6. The standard InChI is InChI=1S/C22H38N6O/c1-14(2)11-28(12-15(3)4)13-19(18(7)26-27-22(23)24)21(29)25-20-9-8-16(5)10-17(20)6/h8-10,14-15,19H,11-13H2,1-7H3,(H,25,29)(H4,23,24,27). The summed E-state index contributed by atoms with van der Waals surface area (Å²) in [5, 5.41) is 10.9. The van der Waals surface area contributed by atoms with Gasteiger partial charge < -0.3 is 21.7 Å². The van der Waals surface area contributed by atoms with Crippen molar-refractivity contribution in [2.45, 2.75) is 48.5 Å². The maximum absolute atomic E-state index is 13.2. The number of guanidine groups is 1. The fourth-order valence-electron chi connectivity index (χ4n) is 3.30. The Morgan fingerprint density at radius 3 is 2.10 bits per heavy atom. The zero-order chi connectivity index (χ0) is 22.1. The third-order valence-corrected chi connectivity index (χ3v) is 4.47. The van der Waals surface area contributed by atoms with Gasteiger partial charge in [-0.05, 0) is 44.2 Å². The SMILES string of the molecule is CC(=NN=C(N)N)C(CN(CC(C)C)CC(C)C)C(=O)Nc1ccc(C)cc1C. The average Bonchev–Trinajstić information content (AvgIpc) is 2.58. The van der Waals surface area contributed by atoms with Crippen molar-refractivity contribution in [3.63, 3.8) is 0 Å². The molecule has 0 aliphatic carbocycles. The van der Waals surface area contributed by atoms with Gasteiger partial charge in [0.25, 0.3) is 0 Å². The van der Waals surface area contributed by atoms with Crippen molar-refractivity contribution in [2.75, 3.05) is 25.0 Å². The number of rotatable bonds is 10. The number of carbonyl (C=O) groups is 1. The van der Waals surface area contributed by atoms with Crippen LogP contribution >= 0.6 is 0 Å². The van der Waals surface area contributed by atoms with Crippen LogP contribution in [-0.2, 0) is 4.79 Å². The van der Waals surface area contributed by atoms with Crippen LogP contribution in [0, 0.1) is 31.6 Å². The summed E-state index contributed by atoms with van der Waals surface area (Å²) in [6.45, 7) is 16.9. The van der Waals surface area contributed by atoms with Crippen molar-refractivity contribution < 1.29 is 4.79 Å². The van der Waals surface area contributed by atoms with Gasteiger partial charge in [0.05, 0.1) is 11.6 Å². The molecule has 0 aliphatic rings. The molecule has 1 atom stereocenters. The summed E-state index contributed by atoms with van der Waals surface area (Å²) in [4.78, 5) is 15.5. The van der Waals surface area contributed by atoms with E-state index in [4.69, 9.17) is 11.5 Å². The van der Waals surface area contributed by atoms with Crippen molar-refractivity contribution >= 4 is 23.3 Å². The molecular weight excluding hydrogens is 364 g/mol. The molecule has 0 aliphatic heterocycles. The van der Waals surface area contributed by atoms with Gasteiger partial charge in [-0.15, -0.1) is 5.10 Å². The second-order valence-corrected chi connectivity index (χ2v) is 8.63. The van der Waals surface area contributed by atoms with E-state index in [1.54, 1.807) is 6.92 Å². The van der Waals surface area contributed by atoms with E-state index in [0.717, 1.165) is 29.9 Å². The number of hydrogen-bond donors (Lipinski definition) is 3. The summed E-state index contributed by atoms with van der Waals surface area (Å²) in [6, 6.07) is 5.97. The molecule has 29 heavy (non-hydrogen) atoms. The van der Waals surface area contributed by atoms with Gasteiger partial charge in [-0.3, -0.25) is 4.79 Å². The monoisotopic (exact) mass is 402 g/mol. The van der Waals surface area contributed by atoms with Gasteiger partial charge in [-0.1, -0.05) is 45.4 Å². The van der Waals surface area contributed by atoms with Crippen LogP contribution in [0.25, 0.3) is 0 Å². The van der Waals surface area contributed by atoms with Crippen LogP contribution in [0.1, 0.15) is 45.7 Å². The number of nitrogens with zero attached hydrogens (tertiary/aromatic N) is 3. The predicted octanol–water partition coefficient (Wildman–Crippen LogP) is 3.12. The van der Waals surface area contributed by atoms with E-state index < -0.39 is 5.92 Å². The molecule has 162 valence electrons. The molecular formula is C22H38N6O. The van der Waals surface area contributed by atoms with Crippen molar-refractivity contribution in [1.82, 2.24) is 4.90 Å². The Morgan fingerprint density at radius 2 is 1.62 bits per heavy atom. The zero-order valence-corrected chi connectivity index (χ0v) is 19.0. The molecule has 5 N–H and O–H groups in total. The molecule has 1 aromatic carbocycles. The Bertz CT molecular complexity index is 725. The Balaban J connectivity index is 3.15. The largest absolute Gasteiger partial charge is 0.369 e. The van der Waals surface area contributed by atoms with Crippen molar-refractivity contribution in [2.24, 2.45) is 39.4 Å². The lowest BCUT2D eigenvalue weighted by Crippen LogP contribution is -2.42. The first-order valence-electron chi connectivity index (χ1n) is 10.2. The first-order chi connectivity index (χ1) is 13.5. The summed E-state index contributed by atoms with van der Waals surface area (Å²) in [6.07, 6.45) is 0. The summed E-state index contributed by atoms with van der Waals surface area (Å²) in [5.74, 6) is 0.287. The molecule has 1 unspecified atom stereocenters. The molecule has 0 heterocycles. The van der Waals surface area contributed by atoms with Crippen LogP contribution < -0.4 is 16.8 Å². The second kappa shape index (κ2) is 11.6. The molecule has 0 saturated heterocycles. The van der Waals surface area contributed by atoms with Crippen LogP contribution in [-0.4, -0.2) is 42.1 Å². The van der Waals surface area contributed by atoms with E-state index in [-0.39, 0.29) is 11.9 Å². The lowest BCUT2D eigenvalue weighted by Gasteiger charge is -2.29. The fraction of sp³-hybridized carbons (Fsp3) is 0.591. The molecule has 1 aromatic rings. The third kappa shape index (κ3) is 9.09. The molecule has 0 saturated carbocycles. The van der Waals surface area contributed by atoms with Crippen molar-refractivity contribution in [3.8, 4) is 0 Å². The lowest BCUT2D eigenvalue weighted by atomic mass is 10.00. The quantitative estimate of drug-likeness (QED) is 0.317. The van der Waals surface area contributed by atoms with Crippen LogP contribution in [0.5, 0.6) is 0 Å². The maximum atomic E-state index is 13.2. The number of aryl methyl sites for hydroxylation is 2. The Morgan fingerprint density at radius 1 is 1.03 bits per heavy atom. The van der Waals surface area contributed by atoms with Gasteiger partial charge in [0.2, 0.25) is 11.9 Å². The zero-order valence-electron chi connectivity index (χ0n) is 19.0. The van der Waals surface area contributed by atoms with Gasteiger partial charge in [-0.2, -0.15) is 5.10 Å². The number of benzene rings is 1. The number of hydrogen-bond acceptors (Lipinski definition) is 4. The highest BCUT2D eigenvalue weighted by atomic mass is 16.1. The minimum Gasteiger partial charge on any atom is -0.369 e. The number of amides is 1. The second-order valence-electron chi connectivity index (χ2n) is 8.63. The highest BCUT2D eigenvalue weighted by Gasteiger charge is 2.26. The van der Waals surface area contributed by atoms with E-state index in [1.807, 2.05) is 26.0 Å². The molecule has 7 heteroatoms. The van der Waals surface area contributed by atoms with Crippen LogP contribution in [0.2, 0.25) is 0 Å². The molecule has 7 nitrogen and oxygen atoms in total. The van der Waals surface area contributed by atoms with Gasteiger partial charge in [0.1, 0.15) is 0 Å². The van der Waals surface area contributed by atoms with Crippen molar-refractivity contribution in [1.29, 1.82) is 0 Å². The first-order valence-corrected chi connectivity index (χ1v) is 10.2. The van der Waals surface area contributed by atoms with Crippen LogP contribution in [0.15, 0.2) is 28.4 Å². The fourth-order valence-corrected chi connectivity index (χ4v) is 3.30. The molecule has 0 bridgehead atoms. The summed E-state index contributed by atoms with van der Waals surface area (Å²) < 4.78 is 0. The van der Waals surface area contributed by atoms with Gasteiger partial charge >= 0.3 is 0 Å². The Kier molecular flexibility index (Phi) is 9.81. The van der Waals surface area contributed by atoms with Crippen molar-refractivity contribution in [3.05, 3.63) is 29.3 Å². The van der Waals surface area contributed by atoms with Gasteiger partial charge in [0.15, 0.2) is 0 Å².